The van der Waals surface area contributed by atoms with E-state index in [-0.39, 0.29) is 18.0 Å². The number of carbonyl (C=O) groups is 2. The quantitative estimate of drug-likeness (QED) is 0.880. The van der Waals surface area contributed by atoms with Gasteiger partial charge >= 0.3 is 6.03 Å². The molecule has 142 valence electrons. The van der Waals surface area contributed by atoms with Crippen LogP contribution in [0.5, 0.6) is 0 Å². The van der Waals surface area contributed by atoms with Crippen LogP contribution in [-0.4, -0.2) is 54.0 Å². The molecule has 1 N–H and O–H groups in total. The number of urea groups is 1. The monoisotopic (exact) mass is 357 g/mol. The highest BCUT2D eigenvalue weighted by Crippen LogP contribution is 2.22. The largest absolute Gasteiger partial charge is 0.342 e. The summed E-state index contributed by atoms with van der Waals surface area (Å²) in [5, 5.41) is 3.11. The number of nitrogens with one attached hydrogen (secondary N) is 1. The molecule has 2 fully saturated rings. The zero-order valence-corrected chi connectivity index (χ0v) is 15.8. The Labute approximate surface area is 156 Å². The van der Waals surface area contributed by atoms with Gasteiger partial charge in [0, 0.05) is 38.1 Å². The Bertz CT molecular complexity index is 591. The van der Waals surface area contributed by atoms with Gasteiger partial charge in [-0.15, -0.1) is 0 Å². The first-order valence-electron chi connectivity index (χ1n) is 10.0. The van der Waals surface area contributed by atoms with Crippen LogP contribution in [0.15, 0.2) is 30.3 Å². The van der Waals surface area contributed by atoms with Crippen LogP contribution in [0.1, 0.15) is 44.6 Å². The summed E-state index contributed by atoms with van der Waals surface area (Å²) in [4.78, 5) is 28.8. The lowest BCUT2D eigenvalue weighted by Crippen LogP contribution is -2.49. The molecule has 1 aromatic rings. The van der Waals surface area contributed by atoms with Gasteiger partial charge < -0.3 is 15.1 Å². The molecule has 2 saturated heterocycles. The number of carbonyl (C=O) groups excluding carboxylic acids is 2. The molecule has 2 aliphatic heterocycles. The van der Waals surface area contributed by atoms with Crippen molar-refractivity contribution >= 4 is 11.9 Å². The predicted octanol–water partition coefficient (Wildman–Crippen LogP) is 3.05. The molecule has 3 rings (SSSR count). The minimum atomic E-state index is 0.0117. The molecule has 0 radical (unpaired) electrons. The second-order valence-electron chi connectivity index (χ2n) is 7.67. The van der Waals surface area contributed by atoms with E-state index in [9.17, 15) is 9.59 Å². The first-order valence-corrected chi connectivity index (χ1v) is 10.0. The second kappa shape index (κ2) is 9.06. The Morgan fingerprint density at radius 1 is 1.04 bits per heavy atom. The maximum atomic E-state index is 12.5. The fourth-order valence-electron chi connectivity index (χ4n) is 3.93. The molecular weight excluding hydrogens is 326 g/mol. The van der Waals surface area contributed by atoms with Gasteiger partial charge in [0.2, 0.25) is 5.91 Å². The van der Waals surface area contributed by atoms with E-state index in [0.717, 1.165) is 51.6 Å². The molecule has 0 bridgehead atoms. The molecule has 1 atom stereocenters. The van der Waals surface area contributed by atoms with Gasteiger partial charge in [-0.2, -0.15) is 0 Å². The average Bonchev–Trinajstić information content (AvgIpc) is 3.21. The van der Waals surface area contributed by atoms with Crippen LogP contribution in [0.4, 0.5) is 4.79 Å². The molecule has 3 amide bonds. The van der Waals surface area contributed by atoms with Crippen LogP contribution in [0.25, 0.3) is 0 Å². The SMILES string of the molecule is CC(CCc1ccccc1)NC(=O)N1CCC(C(=O)N2CCCC2)CC1. The van der Waals surface area contributed by atoms with E-state index in [4.69, 9.17) is 0 Å². The fraction of sp³-hybridized carbons (Fsp3) is 0.619. The minimum absolute atomic E-state index is 0.0117. The first kappa shape index (κ1) is 18.7. The van der Waals surface area contributed by atoms with Gasteiger partial charge in [-0.05, 0) is 51.0 Å². The highest BCUT2D eigenvalue weighted by atomic mass is 16.2. The van der Waals surface area contributed by atoms with Crippen molar-refractivity contribution in [3.8, 4) is 0 Å². The lowest BCUT2D eigenvalue weighted by molar-refractivity contribution is -0.135. The Hall–Kier alpha value is -2.04. The number of benzene rings is 1. The van der Waals surface area contributed by atoms with Gasteiger partial charge in [0.1, 0.15) is 0 Å². The number of piperidine rings is 1. The number of aryl methyl sites for hydroxylation is 1. The predicted molar refractivity (Wildman–Crippen MR) is 103 cm³/mol. The molecule has 5 nitrogen and oxygen atoms in total. The molecule has 26 heavy (non-hydrogen) atoms. The van der Waals surface area contributed by atoms with Crippen LogP contribution in [0, 0.1) is 5.92 Å². The van der Waals surface area contributed by atoms with Crippen LogP contribution < -0.4 is 5.32 Å². The lowest BCUT2D eigenvalue weighted by Gasteiger charge is -2.33. The number of hydrogen-bond acceptors (Lipinski definition) is 2. The zero-order chi connectivity index (χ0) is 18.4. The lowest BCUT2D eigenvalue weighted by atomic mass is 9.95. The van der Waals surface area contributed by atoms with Crippen molar-refractivity contribution in [1.29, 1.82) is 0 Å². The molecule has 1 unspecified atom stereocenters. The van der Waals surface area contributed by atoms with Gasteiger partial charge in [-0.25, -0.2) is 4.79 Å². The molecule has 2 heterocycles. The molecular formula is C21H31N3O2. The maximum absolute atomic E-state index is 12.5. The Morgan fingerprint density at radius 3 is 2.35 bits per heavy atom. The normalized spacial score (nSPS) is 19.4. The number of nitrogens with zero attached hydrogens (tertiary/aromatic N) is 2. The fourth-order valence-corrected chi connectivity index (χ4v) is 3.93. The second-order valence-corrected chi connectivity index (χ2v) is 7.67. The van der Waals surface area contributed by atoms with Crippen molar-refractivity contribution < 1.29 is 9.59 Å². The minimum Gasteiger partial charge on any atom is -0.342 e. The van der Waals surface area contributed by atoms with Crippen LogP contribution in [-0.2, 0) is 11.2 Å². The summed E-state index contributed by atoms with van der Waals surface area (Å²) in [7, 11) is 0. The Kier molecular flexibility index (Phi) is 6.53. The Balaban J connectivity index is 1.38. The third kappa shape index (κ3) is 4.99. The summed E-state index contributed by atoms with van der Waals surface area (Å²) in [6, 6.07) is 10.5. The Morgan fingerprint density at radius 2 is 1.69 bits per heavy atom. The summed E-state index contributed by atoms with van der Waals surface area (Å²) in [6.45, 7) is 5.25. The summed E-state index contributed by atoms with van der Waals surface area (Å²) in [5.74, 6) is 0.409. The van der Waals surface area contributed by atoms with E-state index in [1.165, 1.54) is 5.56 Å². The standard InChI is InChI=1S/C21H31N3O2/c1-17(9-10-18-7-3-2-4-8-18)22-21(26)24-15-11-19(12-16-24)20(25)23-13-5-6-14-23/h2-4,7-8,17,19H,5-6,9-16H2,1H3,(H,22,26). The summed E-state index contributed by atoms with van der Waals surface area (Å²) < 4.78 is 0. The topological polar surface area (TPSA) is 52.7 Å². The van der Waals surface area contributed by atoms with Crippen molar-refractivity contribution in [2.75, 3.05) is 26.2 Å². The van der Waals surface area contributed by atoms with Crippen LogP contribution in [0.2, 0.25) is 0 Å². The van der Waals surface area contributed by atoms with E-state index >= 15 is 0 Å². The van der Waals surface area contributed by atoms with Gasteiger partial charge in [0.15, 0.2) is 0 Å². The van der Waals surface area contributed by atoms with Crippen LogP contribution in [0.3, 0.4) is 0 Å². The number of amides is 3. The number of hydrogen-bond donors (Lipinski definition) is 1. The molecule has 2 aliphatic rings. The molecule has 0 aliphatic carbocycles. The van der Waals surface area contributed by atoms with Gasteiger partial charge in [0.25, 0.3) is 0 Å². The van der Waals surface area contributed by atoms with E-state index in [1.54, 1.807) is 0 Å². The summed E-state index contributed by atoms with van der Waals surface area (Å²) in [6.07, 6.45) is 5.75. The number of likely N-dealkylation sites (tertiary alicyclic amines) is 2. The average molecular weight is 357 g/mol. The molecule has 0 saturated carbocycles. The zero-order valence-electron chi connectivity index (χ0n) is 15.8. The van der Waals surface area contributed by atoms with Gasteiger partial charge in [-0.3, -0.25) is 4.79 Å². The molecule has 0 spiro atoms. The maximum Gasteiger partial charge on any atom is 0.317 e. The van der Waals surface area contributed by atoms with E-state index in [2.05, 4.69) is 24.4 Å². The summed E-state index contributed by atoms with van der Waals surface area (Å²) in [5.41, 5.74) is 1.30. The third-order valence-corrected chi connectivity index (χ3v) is 5.63. The van der Waals surface area contributed by atoms with Crippen molar-refractivity contribution in [2.45, 2.75) is 51.5 Å². The van der Waals surface area contributed by atoms with Gasteiger partial charge in [0.05, 0.1) is 0 Å². The van der Waals surface area contributed by atoms with E-state index in [1.807, 2.05) is 28.0 Å². The third-order valence-electron chi connectivity index (χ3n) is 5.63. The molecule has 0 aromatic heterocycles. The highest BCUT2D eigenvalue weighted by molar-refractivity contribution is 5.80. The van der Waals surface area contributed by atoms with Crippen molar-refractivity contribution in [2.24, 2.45) is 5.92 Å². The van der Waals surface area contributed by atoms with Gasteiger partial charge in [-0.1, -0.05) is 30.3 Å². The van der Waals surface area contributed by atoms with Crippen LogP contribution >= 0.6 is 0 Å². The van der Waals surface area contributed by atoms with Crippen molar-refractivity contribution in [3.63, 3.8) is 0 Å². The van der Waals surface area contributed by atoms with E-state index in [0.29, 0.717) is 19.0 Å². The highest BCUT2D eigenvalue weighted by Gasteiger charge is 2.31. The molecule has 1 aromatic carbocycles. The van der Waals surface area contributed by atoms with Crippen molar-refractivity contribution in [3.05, 3.63) is 35.9 Å². The van der Waals surface area contributed by atoms with Crippen molar-refractivity contribution in [1.82, 2.24) is 15.1 Å². The smallest absolute Gasteiger partial charge is 0.317 e. The number of rotatable bonds is 5. The van der Waals surface area contributed by atoms with E-state index < -0.39 is 0 Å². The first-order chi connectivity index (χ1) is 12.6. The molecule has 5 heteroatoms. The summed E-state index contributed by atoms with van der Waals surface area (Å²) >= 11 is 0.